The number of amides is 1. The van der Waals surface area contributed by atoms with Gasteiger partial charge in [-0.05, 0) is 60.4 Å². The number of hydrogen-bond donors (Lipinski definition) is 0. The van der Waals surface area contributed by atoms with Crippen LogP contribution in [0.15, 0.2) is 77.5 Å². The first-order valence-corrected chi connectivity index (χ1v) is 11.7. The first-order chi connectivity index (χ1) is 17.0. The normalized spacial score (nSPS) is 15.8. The Bertz CT molecular complexity index is 1300. The summed E-state index contributed by atoms with van der Waals surface area (Å²) in [7, 11) is 0. The number of nitrogens with zero attached hydrogens (tertiary/aromatic N) is 3. The van der Waals surface area contributed by atoms with Gasteiger partial charge in [-0.1, -0.05) is 24.3 Å². The molecular weight excluding hydrogens is 448 g/mol. The monoisotopic (exact) mass is 473 g/mol. The fraction of sp³-hybridized carbons (Fsp3) is 0.250. The summed E-state index contributed by atoms with van der Waals surface area (Å²) in [5.74, 6) is 0.779. The number of carbonyl (C=O) groups excluding carboxylic acids is 1. The first-order valence-electron chi connectivity index (χ1n) is 11.7. The second-order valence-corrected chi connectivity index (χ2v) is 8.90. The van der Waals surface area contributed by atoms with Crippen LogP contribution in [0.2, 0.25) is 0 Å². The maximum absolute atomic E-state index is 13.3. The van der Waals surface area contributed by atoms with Gasteiger partial charge in [0.25, 0.3) is 5.91 Å². The minimum atomic E-state index is -0.279. The summed E-state index contributed by atoms with van der Waals surface area (Å²) in [6, 6.07) is 16.2. The number of aromatic nitrogens is 2. The topological polar surface area (TPSA) is 59.2 Å². The van der Waals surface area contributed by atoms with Crippen LogP contribution in [0.25, 0.3) is 0 Å². The van der Waals surface area contributed by atoms with Crippen LogP contribution in [0, 0.1) is 11.6 Å². The Hall–Kier alpha value is -3.87. The molecule has 0 unspecified atom stereocenters. The number of likely N-dealkylation sites (tertiary alicyclic amines) is 1. The summed E-state index contributed by atoms with van der Waals surface area (Å²) < 4.78 is 32.3. The highest BCUT2D eigenvalue weighted by Gasteiger charge is 2.28. The van der Waals surface area contributed by atoms with Gasteiger partial charge in [0.05, 0.1) is 12.1 Å². The number of piperidine rings is 1. The molecule has 5 nitrogen and oxygen atoms in total. The molecule has 1 aliphatic rings. The molecule has 7 heteroatoms. The molecule has 1 saturated heterocycles. The number of oxazole rings is 1. The molecule has 0 spiro atoms. The highest BCUT2D eigenvalue weighted by atomic mass is 19.1. The van der Waals surface area contributed by atoms with Crippen molar-refractivity contribution in [1.82, 2.24) is 14.9 Å². The fourth-order valence-electron chi connectivity index (χ4n) is 4.46. The van der Waals surface area contributed by atoms with Crippen molar-refractivity contribution in [2.24, 2.45) is 0 Å². The van der Waals surface area contributed by atoms with Crippen LogP contribution in [0.5, 0.6) is 0 Å². The Morgan fingerprint density at radius 3 is 2.34 bits per heavy atom. The molecule has 1 fully saturated rings. The third-order valence-corrected chi connectivity index (χ3v) is 6.28. The average molecular weight is 474 g/mol. The lowest BCUT2D eigenvalue weighted by Gasteiger charge is -2.31. The summed E-state index contributed by atoms with van der Waals surface area (Å²) in [6.07, 6.45) is 6.17. The number of carbonyl (C=O) groups is 1. The van der Waals surface area contributed by atoms with Gasteiger partial charge in [-0.3, -0.25) is 9.78 Å². The molecule has 0 saturated carbocycles. The molecule has 0 N–H and O–H groups in total. The molecule has 0 bridgehead atoms. The van der Waals surface area contributed by atoms with Crippen molar-refractivity contribution in [3.63, 3.8) is 0 Å². The lowest BCUT2D eigenvalue weighted by atomic mass is 9.97. The second-order valence-electron chi connectivity index (χ2n) is 8.90. The van der Waals surface area contributed by atoms with E-state index in [1.165, 1.54) is 24.3 Å². The van der Waals surface area contributed by atoms with E-state index in [1.807, 2.05) is 4.90 Å². The van der Waals surface area contributed by atoms with Crippen molar-refractivity contribution in [3.05, 3.63) is 119 Å². The zero-order chi connectivity index (χ0) is 24.2. The van der Waals surface area contributed by atoms with Crippen LogP contribution in [0.1, 0.15) is 57.6 Å². The van der Waals surface area contributed by atoms with Crippen LogP contribution in [-0.4, -0.2) is 33.9 Å². The Balaban J connectivity index is 1.24. The van der Waals surface area contributed by atoms with Gasteiger partial charge in [0, 0.05) is 43.4 Å². The van der Waals surface area contributed by atoms with Gasteiger partial charge in [-0.2, -0.15) is 0 Å². The van der Waals surface area contributed by atoms with Crippen LogP contribution < -0.4 is 0 Å². The standard InChI is InChI=1S/C28H25F2N3O2/c29-23-7-3-19(4-8-23)14-25-16-21(11-12-31-25)28(34)33-13-1-2-22(18-33)27-32-17-26(35-27)15-20-5-9-24(30)10-6-20/h3-12,16-17,22H,1-2,13-15,18H2/t22-/m1/s1. The van der Waals surface area contributed by atoms with E-state index in [9.17, 15) is 13.6 Å². The second kappa shape index (κ2) is 10.2. The van der Waals surface area contributed by atoms with E-state index in [0.717, 1.165) is 35.4 Å². The van der Waals surface area contributed by atoms with Gasteiger partial charge in [0.1, 0.15) is 17.4 Å². The molecule has 2 aromatic carbocycles. The van der Waals surface area contributed by atoms with Crippen molar-refractivity contribution in [1.29, 1.82) is 0 Å². The molecule has 4 aromatic rings. The number of rotatable bonds is 6. The predicted octanol–water partition coefficient (Wildman–Crippen LogP) is 5.55. The van der Waals surface area contributed by atoms with E-state index >= 15 is 0 Å². The molecule has 1 atom stereocenters. The first kappa shape index (κ1) is 22.9. The van der Waals surface area contributed by atoms with E-state index in [0.29, 0.717) is 37.4 Å². The molecule has 1 amide bonds. The molecule has 1 aliphatic heterocycles. The van der Waals surface area contributed by atoms with Gasteiger partial charge < -0.3 is 9.32 Å². The maximum Gasteiger partial charge on any atom is 0.253 e. The summed E-state index contributed by atoms with van der Waals surface area (Å²) in [6.45, 7) is 1.21. The van der Waals surface area contributed by atoms with Crippen LogP contribution >= 0.6 is 0 Å². The van der Waals surface area contributed by atoms with Crippen molar-refractivity contribution < 1.29 is 18.0 Å². The van der Waals surface area contributed by atoms with Crippen LogP contribution in [0.3, 0.4) is 0 Å². The fourth-order valence-corrected chi connectivity index (χ4v) is 4.46. The van der Waals surface area contributed by atoms with Crippen molar-refractivity contribution in [2.45, 2.75) is 31.6 Å². The summed E-state index contributed by atoms with van der Waals surface area (Å²) in [5.41, 5.74) is 3.22. The third kappa shape index (κ3) is 5.62. The SMILES string of the molecule is O=C(c1ccnc(Cc2ccc(F)cc2)c1)N1CCC[C@@H](c2ncc(Cc3ccc(F)cc3)o2)C1. The predicted molar refractivity (Wildman–Crippen MR) is 127 cm³/mol. The molecular formula is C28H25F2N3O2. The minimum absolute atomic E-state index is 0.0233. The largest absolute Gasteiger partial charge is 0.445 e. The Morgan fingerprint density at radius 1 is 0.943 bits per heavy atom. The Labute approximate surface area is 202 Å². The minimum Gasteiger partial charge on any atom is -0.445 e. The van der Waals surface area contributed by atoms with Gasteiger partial charge in [-0.25, -0.2) is 13.8 Å². The Kier molecular flexibility index (Phi) is 6.66. The molecule has 3 heterocycles. The lowest BCUT2D eigenvalue weighted by Crippen LogP contribution is -2.39. The van der Waals surface area contributed by atoms with Crippen molar-refractivity contribution in [3.8, 4) is 0 Å². The highest BCUT2D eigenvalue weighted by molar-refractivity contribution is 5.94. The number of halogens is 2. The Morgan fingerprint density at radius 2 is 1.63 bits per heavy atom. The van der Waals surface area contributed by atoms with E-state index in [1.54, 1.807) is 48.8 Å². The quantitative estimate of drug-likeness (QED) is 0.369. The lowest BCUT2D eigenvalue weighted by molar-refractivity contribution is 0.0697. The summed E-state index contributed by atoms with van der Waals surface area (Å²) in [4.78, 5) is 24.0. The third-order valence-electron chi connectivity index (χ3n) is 6.28. The van der Waals surface area contributed by atoms with Gasteiger partial charge in [0.15, 0.2) is 5.89 Å². The van der Waals surface area contributed by atoms with Gasteiger partial charge in [-0.15, -0.1) is 0 Å². The summed E-state index contributed by atoms with van der Waals surface area (Å²) >= 11 is 0. The van der Waals surface area contributed by atoms with E-state index < -0.39 is 0 Å². The highest BCUT2D eigenvalue weighted by Crippen LogP contribution is 2.28. The number of hydrogen-bond acceptors (Lipinski definition) is 4. The molecule has 2 aromatic heterocycles. The molecule has 35 heavy (non-hydrogen) atoms. The van der Waals surface area contributed by atoms with Gasteiger partial charge >= 0.3 is 0 Å². The van der Waals surface area contributed by atoms with Crippen LogP contribution in [-0.2, 0) is 12.8 Å². The van der Waals surface area contributed by atoms with Gasteiger partial charge in [0.2, 0.25) is 0 Å². The van der Waals surface area contributed by atoms with E-state index in [2.05, 4.69) is 9.97 Å². The molecule has 0 radical (unpaired) electrons. The molecule has 5 rings (SSSR count). The smallest absolute Gasteiger partial charge is 0.253 e. The molecule has 0 aliphatic carbocycles. The number of pyridine rings is 1. The van der Waals surface area contributed by atoms with Crippen molar-refractivity contribution >= 4 is 5.91 Å². The molecule has 178 valence electrons. The zero-order valence-electron chi connectivity index (χ0n) is 19.2. The van der Waals surface area contributed by atoms with Crippen molar-refractivity contribution in [2.75, 3.05) is 13.1 Å². The maximum atomic E-state index is 13.3. The van der Waals surface area contributed by atoms with E-state index in [4.69, 9.17) is 4.42 Å². The number of benzene rings is 2. The zero-order valence-corrected chi connectivity index (χ0v) is 19.2. The average Bonchev–Trinajstić information content (AvgIpc) is 3.35. The summed E-state index contributed by atoms with van der Waals surface area (Å²) in [5, 5.41) is 0. The van der Waals surface area contributed by atoms with E-state index in [-0.39, 0.29) is 23.5 Å². The van der Waals surface area contributed by atoms with Crippen LogP contribution in [0.4, 0.5) is 8.78 Å².